The fourth-order valence-corrected chi connectivity index (χ4v) is 1.70. The Hall–Kier alpha value is -1.55. The highest BCUT2D eigenvalue weighted by Crippen LogP contribution is 2.26. The lowest BCUT2D eigenvalue weighted by Crippen LogP contribution is -2.49. The molecule has 0 spiro atoms. The van der Waals surface area contributed by atoms with Crippen LogP contribution in [-0.2, 0) is 4.79 Å². The van der Waals surface area contributed by atoms with E-state index < -0.39 is 5.54 Å². The van der Waals surface area contributed by atoms with Crippen LogP contribution in [0.15, 0.2) is 18.2 Å². The maximum absolute atomic E-state index is 12.1. The first-order valence-corrected chi connectivity index (χ1v) is 6.12. The van der Waals surface area contributed by atoms with Crippen molar-refractivity contribution in [2.24, 2.45) is 0 Å². The van der Waals surface area contributed by atoms with E-state index in [1.807, 2.05) is 45.9 Å². The Bertz CT molecular complexity index is 428. The Labute approximate surface area is 109 Å². The molecule has 18 heavy (non-hydrogen) atoms. The summed E-state index contributed by atoms with van der Waals surface area (Å²) in [7, 11) is 1.60. The second-order valence-electron chi connectivity index (χ2n) is 4.81. The molecule has 1 amide bonds. The summed E-state index contributed by atoms with van der Waals surface area (Å²) in [6, 6.07) is 5.70. The molecule has 0 saturated carbocycles. The molecular weight excluding hydrogens is 228 g/mol. The molecule has 0 radical (unpaired) electrons. The first-order valence-electron chi connectivity index (χ1n) is 6.12. The number of carbonyl (C=O) groups is 1. The highest BCUT2D eigenvalue weighted by molar-refractivity contribution is 5.98. The lowest BCUT2D eigenvalue weighted by Gasteiger charge is -2.25. The Balaban J connectivity index is 2.88. The minimum atomic E-state index is -0.607. The molecule has 0 unspecified atom stereocenters. The van der Waals surface area contributed by atoms with Crippen molar-refractivity contribution in [1.29, 1.82) is 0 Å². The third kappa shape index (κ3) is 3.47. The van der Waals surface area contributed by atoms with E-state index in [9.17, 15) is 4.79 Å². The largest absolute Gasteiger partial charge is 0.495 e. The van der Waals surface area contributed by atoms with Gasteiger partial charge in [0.15, 0.2) is 0 Å². The highest BCUT2D eigenvalue weighted by Gasteiger charge is 2.26. The quantitative estimate of drug-likeness (QED) is 0.843. The van der Waals surface area contributed by atoms with E-state index in [2.05, 4.69) is 10.6 Å². The van der Waals surface area contributed by atoms with Crippen molar-refractivity contribution < 1.29 is 9.53 Å². The number of amides is 1. The number of methoxy groups -OCH3 is 1. The summed E-state index contributed by atoms with van der Waals surface area (Å²) in [5.41, 5.74) is 1.18. The van der Waals surface area contributed by atoms with Crippen molar-refractivity contribution in [2.45, 2.75) is 33.2 Å². The van der Waals surface area contributed by atoms with Crippen molar-refractivity contribution in [3.05, 3.63) is 23.8 Å². The SMILES string of the molecule is CCNC(C)(C)C(=O)Nc1ccc(C)cc1OC. The minimum absolute atomic E-state index is 0.0773. The van der Waals surface area contributed by atoms with Gasteiger partial charge in [0.25, 0.3) is 0 Å². The predicted molar refractivity (Wildman–Crippen MR) is 74.1 cm³/mol. The molecule has 0 aromatic heterocycles. The van der Waals surface area contributed by atoms with Crippen LogP contribution < -0.4 is 15.4 Å². The van der Waals surface area contributed by atoms with Gasteiger partial charge in [0.05, 0.1) is 18.3 Å². The van der Waals surface area contributed by atoms with Crippen LogP contribution in [0, 0.1) is 6.92 Å². The molecule has 0 fully saturated rings. The average molecular weight is 250 g/mol. The van der Waals surface area contributed by atoms with Crippen molar-refractivity contribution in [1.82, 2.24) is 5.32 Å². The predicted octanol–water partition coefficient (Wildman–Crippen LogP) is 2.33. The Kier molecular flexibility index (Phi) is 4.73. The number of hydrogen-bond donors (Lipinski definition) is 2. The van der Waals surface area contributed by atoms with Crippen LogP contribution in [0.5, 0.6) is 5.75 Å². The van der Waals surface area contributed by atoms with Crippen molar-refractivity contribution in [3.8, 4) is 5.75 Å². The van der Waals surface area contributed by atoms with E-state index in [-0.39, 0.29) is 5.91 Å². The van der Waals surface area contributed by atoms with Crippen LogP contribution in [-0.4, -0.2) is 25.1 Å². The summed E-state index contributed by atoms with van der Waals surface area (Å²) in [5.74, 6) is 0.599. The van der Waals surface area contributed by atoms with Gasteiger partial charge in [-0.25, -0.2) is 0 Å². The molecule has 0 saturated heterocycles. The Morgan fingerprint density at radius 3 is 2.61 bits per heavy atom. The number of aryl methyl sites for hydroxylation is 1. The molecule has 1 aromatic carbocycles. The molecule has 4 nitrogen and oxygen atoms in total. The summed E-state index contributed by atoms with van der Waals surface area (Å²) >= 11 is 0. The molecule has 0 atom stereocenters. The maximum atomic E-state index is 12.1. The van der Waals surface area contributed by atoms with Gasteiger partial charge in [0.2, 0.25) is 5.91 Å². The second-order valence-corrected chi connectivity index (χ2v) is 4.81. The van der Waals surface area contributed by atoms with Crippen LogP contribution in [0.4, 0.5) is 5.69 Å². The van der Waals surface area contributed by atoms with E-state index in [4.69, 9.17) is 4.74 Å². The number of rotatable bonds is 5. The molecule has 2 N–H and O–H groups in total. The summed E-state index contributed by atoms with van der Waals surface area (Å²) in [4.78, 5) is 12.1. The van der Waals surface area contributed by atoms with Gasteiger partial charge >= 0.3 is 0 Å². The molecule has 0 aliphatic rings. The van der Waals surface area contributed by atoms with Crippen LogP contribution >= 0.6 is 0 Å². The number of nitrogens with one attached hydrogen (secondary N) is 2. The van der Waals surface area contributed by atoms with E-state index in [1.165, 1.54) is 0 Å². The zero-order valence-electron chi connectivity index (χ0n) is 11.8. The fourth-order valence-electron chi connectivity index (χ4n) is 1.70. The lowest BCUT2D eigenvalue weighted by molar-refractivity contribution is -0.121. The minimum Gasteiger partial charge on any atom is -0.495 e. The van der Waals surface area contributed by atoms with Gasteiger partial charge in [-0.3, -0.25) is 4.79 Å². The summed E-state index contributed by atoms with van der Waals surface area (Å²) in [6.07, 6.45) is 0. The van der Waals surface area contributed by atoms with E-state index in [0.717, 1.165) is 12.1 Å². The number of carbonyl (C=O) groups excluding carboxylic acids is 1. The van der Waals surface area contributed by atoms with Crippen LogP contribution in [0.3, 0.4) is 0 Å². The first kappa shape index (κ1) is 14.5. The zero-order valence-corrected chi connectivity index (χ0v) is 11.8. The smallest absolute Gasteiger partial charge is 0.244 e. The molecule has 100 valence electrons. The molecule has 0 aliphatic carbocycles. The fraction of sp³-hybridized carbons (Fsp3) is 0.500. The molecule has 1 rings (SSSR count). The lowest BCUT2D eigenvalue weighted by atomic mass is 10.0. The second kappa shape index (κ2) is 5.87. The van der Waals surface area contributed by atoms with Gasteiger partial charge < -0.3 is 15.4 Å². The molecule has 0 aliphatic heterocycles. The van der Waals surface area contributed by atoms with Crippen molar-refractivity contribution in [2.75, 3.05) is 19.0 Å². The summed E-state index contributed by atoms with van der Waals surface area (Å²) < 4.78 is 5.26. The topological polar surface area (TPSA) is 50.4 Å². The number of likely N-dealkylation sites (N-methyl/N-ethyl adjacent to an activating group) is 1. The molecule has 4 heteroatoms. The van der Waals surface area contributed by atoms with Crippen molar-refractivity contribution in [3.63, 3.8) is 0 Å². The molecule has 0 bridgehead atoms. The third-order valence-corrected chi connectivity index (χ3v) is 2.79. The van der Waals surface area contributed by atoms with E-state index in [1.54, 1.807) is 7.11 Å². The van der Waals surface area contributed by atoms with Gasteiger partial charge in [-0.05, 0) is 45.0 Å². The highest BCUT2D eigenvalue weighted by atomic mass is 16.5. The average Bonchev–Trinajstić information content (AvgIpc) is 2.31. The molecule has 1 aromatic rings. The van der Waals surface area contributed by atoms with Gasteiger partial charge in [0, 0.05) is 0 Å². The summed E-state index contributed by atoms with van der Waals surface area (Å²) in [5, 5.41) is 6.03. The van der Waals surface area contributed by atoms with Gasteiger partial charge in [-0.2, -0.15) is 0 Å². The summed E-state index contributed by atoms with van der Waals surface area (Å²) in [6.45, 7) is 8.41. The van der Waals surface area contributed by atoms with Crippen LogP contribution in [0.1, 0.15) is 26.3 Å². The van der Waals surface area contributed by atoms with Crippen LogP contribution in [0.2, 0.25) is 0 Å². The van der Waals surface area contributed by atoms with E-state index in [0.29, 0.717) is 11.4 Å². The Morgan fingerprint density at radius 1 is 1.39 bits per heavy atom. The van der Waals surface area contributed by atoms with E-state index >= 15 is 0 Å². The number of benzene rings is 1. The Morgan fingerprint density at radius 2 is 2.06 bits per heavy atom. The number of ether oxygens (including phenoxy) is 1. The maximum Gasteiger partial charge on any atom is 0.244 e. The third-order valence-electron chi connectivity index (χ3n) is 2.79. The van der Waals surface area contributed by atoms with Gasteiger partial charge in [-0.1, -0.05) is 13.0 Å². The first-order chi connectivity index (χ1) is 8.40. The van der Waals surface area contributed by atoms with Crippen LogP contribution in [0.25, 0.3) is 0 Å². The molecule has 0 heterocycles. The standard InChI is InChI=1S/C14H22N2O2/c1-6-15-14(3,4)13(17)16-11-8-7-10(2)9-12(11)18-5/h7-9,15H,6H2,1-5H3,(H,16,17). The normalized spacial score (nSPS) is 11.2. The van der Waals surface area contributed by atoms with Crippen molar-refractivity contribution >= 4 is 11.6 Å². The number of anilines is 1. The van der Waals surface area contributed by atoms with Gasteiger partial charge in [-0.15, -0.1) is 0 Å². The molecular formula is C14H22N2O2. The van der Waals surface area contributed by atoms with Gasteiger partial charge in [0.1, 0.15) is 5.75 Å². The monoisotopic (exact) mass is 250 g/mol. The zero-order chi connectivity index (χ0) is 13.8. The number of hydrogen-bond acceptors (Lipinski definition) is 3.